The number of nitriles is 1. The second-order valence-electron chi connectivity index (χ2n) is 3.49. The molecule has 0 aliphatic rings. The number of anilines is 1. The first-order valence-electron chi connectivity index (χ1n) is 4.50. The summed E-state index contributed by atoms with van der Waals surface area (Å²) in [5.74, 6) is 0. The molecule has 0 bridgehead atoms. The summed E-state index contributed by atoms with van der Waals surface area (Å²) in [5, 5.41) is 22.0. The molecule has 0 amide bonds. The third-order valence-corrected chi connectivity index (χ3v) is 3.44. The van der Waals surface area contributed by atoms with Crippen LogP contribution < -0.4 is 5.32 Å². The van der Waals surface area contributed by atoms with Crippen LogP contribution in [0.3, 0.4) is 0 Å². The lowest BCUT2D eigenvalue weighted by atomic mass is 10.0. The molecule has 15 heavy (non-hydrogen) atoms. The Morgan fingerprint density at radius 1 is 1.73 bits per heavy atom. The predicted molar refractivity (Wildman–Crippen MR) is 61.2 cm³/mol. The van der Waals surface area contributed by atoms with E-state index in [0.717, 1.165) is 18.0 Å². The smallest absolute Gasteiger partial charge is 0.162 e. The van der Waals surface area contributed by atoms with E-state index in [4.69, 9.17) is 16.9 Å². The van der Waals surface area contributed by atoms with Crippen LogP contribution in [-0.2, 0) is 0 Å². The number of nitrogens with one attached hydrogen (secondary N) is 1. The molecule has 1 unspecified atom stereocenters. The number of rotatable bonds is 4. The zero-order valence-corrected chi connectivity index (χ0v) is 10.1. The Morgan fingerprint density at radius 2 is 2.40 bits per heavy atom. The molecule has 1 atom stereocenters. The highest BCUT2D eigenvalue weighted by Crippen LogP contribution is 2.30. The lowest BCUT2D eigenvalue weighted by molar-refractivity contribution is 0.219. The summed E-state index contributed by atoms with van der Waals surface area (Å²) in [6.07, 6.45) is 0.740. The number of aliphatic hydroxyl groups excluding tert-OH is 1. The second kappa shape index (κ2) is 4.79. The van der Waals surface area contributed by atoms with E-state index in [1.54, 1.807) is 0 Å². The van der Waals surface area contributed by atoms with Crippen LogP contribution in [0.5, 0.6) is 0 Å². The Labute approximate surface area is 97.7 Å². The van der Waals surface area contributed by atoms with Gasteiger partial charge in [-0.05, 0) is 24.9 Å². The molecule has 0 aliphatic heterocycles. The number of hydrogen-bond acceptors (Lipinski definition) is 5. The number of aromatic nitrogens is 1. The van der Waals surface area contributed by atoms with E-state index in [1.807, 2.05) is 19.9 Å². The highest BCUT2D eigenvalue weighted by Gasteiger charge is 2.24. The van der Waals surface area contributed by atoms with E-state index in [2.05, 4.69) is 9.69 Å². The molecule has 0 saturated heterocycles. The minimum Gasteiger partial charge on any atom is -0.394 e. The van der Waals surface area contributed by atoms with Crippen LogP contribution in [0.15, 0.2) is 0 Å². The van der Waals surface area contributed by atoms with Crippen molar-refractivity contribution in [1.29, 1.82) is 5.26 Å². The third-order valence-electron chi connectivity index (χ3n) is 2.31. The highest BCUT2D eigenvalue weighted by molar-refractivity contribution is 7.10. The van der Waals surface area contributed by atoms with Crippen molar-refractivity contribution < 1.29 is 5.11 Å². The van der Waals surface area contributed by atoms with Crippen LogP contribution in [0, 0.1) is 11.3 Å². The zero-order valence-electron chi connectivity index (χ0n) is 8.54. The monoisotopic (exact) mass is 245 g/mol. The zero-order chi connectivity index (χ0) is 11.5. The lowest BCUT2D eigenvalue weighted by Crippen LogP contribution is -2.37. The van der Waals surface area contributed by atoms with Crippen LogP contribution in [-0.4, -0.2) is 21.6 Å². The molecule has 2 N–H and O–H groups in total. The van der Waals surface area contributed by atoms with Crippen LogP contribution in [0.2, 0.25) is 5.15 Å². The van der Waals surface area contributed by atoms with E-state index in [-0.39, 0.29) is 11.8 Å². The van der Waals surface area contributed by atoms with Crippen molar-refractivity contribution in [3.05, 3.63) is 10.7 Å². The van der Waals surface area contributed by atoms with Crippen LogP contribution in [0.1, 0.15) is 25.8 Å². The molecule has 1 rings (SSSR count). The standard InChI is InChI=1S/C9H12ClN3OS/c1-3-9(2,5-14)12-8-6(4-11)7(10)13-15-8/h12,14H,3,5H2,1-2H3. The maximum absolute atomic E-state index is 9.22. The summed E-state index contributed by atoms with van der Waals surface area (Å²) in [4.78, 5) is 0. The largest absolute Gasteiger partial charge is 0.394 e. The maximum atomic E-state index is 9.22. The average Bonchev–Trinajstić information content (AvgIpc) is 2.59. The van der Waals surface area contributed by atoms with Gasteiger partial charge in [0.05, 0.1) is 12.1 Å². The van der Waals surface area contributed by atoms with Crippen molar-refractivity contribution in [1.82, 2.24) is 4.37 Å². The predicted octanol–water partition coefficient (Wildman–Crippen LogP) is 2.24. The molecule has 4 nitrogen and oxygen atoms in total. The minimum absolute atomic E-state index is 0.0100. The van der Waals surface area contributed by atoms with Crippen molar-refractivity contribution in [2.45, 2.75) is 25.8 Å². The van der Waals surface area contributed by atoms with Gasteiger partial charge in [-0.2, -0.15) is 9.64 Å². The Kier molecular flexibility index (Phi) is 3.91. The molecule has 82 valence electrons. The summed E-state index contributed by atoms with van der Waals surface area (Å²) in [6, 6.07) is 1.99. The van der Waals surface area contributed by atoms with Crippen molar-refractivity contribution >= 4 is 28.1 Å². The van der Waals surface area contributed by atoms with Crippen molar-refractivity contribution in [3.63, 3.8) is 0 Å². The Morgan fingerprint density at radius 3 is 2.87 bits per heavy atom. The fourth-order valence-electron chi connectivity index (χ4n) is 0.967. The second-order valence-corrected chi connectivity index (χ2v) is 4.62. The molecule has 0 radical (unpaired) electrons. The first-order valence-corrected chi connectivity index (χ1v) is 5.65. The SMILES string of the molecule is CCC(C)(CO)Nc1snc(Cl)c1C#N. The highest BCUT2D eigenvalue weighted by atomic mass is 35.5. The van der Waals surface area contributed by atoms with Crippen molar-refractivity contribution in [3.8, 4) is 6.07 Å². The van der Waals surface area contributed by atoms with Crippen LogP contribution >= 0.6 is 23.1 Å². The molecule has 1 aromatic heterocycles. The van der Waals surface area contributed by atoms with Gasteiger partial charge in [-0.3, -0.25) is 0 Å². The van der Waals surface area contributed by atoms with Gasteiger partial charge in [0, 0.05) is 0 Å². The van der Waals surface area contributed by atoms with Gasteiger partial charge in [-0.25, -0.2) is 0 Å². The molecule has 0 saturated carbocycles. The molecular formula is C9H12ClN3OS. The molecule has 1 heterocycles. The number of hydrogen-bond donors (Lipinski definition) is 2. The van der Waals surface area contributed by atoms with Gasteiger partial charge in [0.25, 0.3) is 0 Å². The van der Waals surface area contributed by atoms with E-state index < -0.39 is 5.54 Å². The third kappa shape index (κ3) is 2.59. The van der Waals surface area contributed by atoms with Gasteiger partial charge in [0.15, 0.2) is 5.15 Å². The Bertz CT molecular complexity index is 381. The summed E-state index contributed by atoms with van der Waals surface area (Å²) in [6.45, 7) is 3.82. The van der Waals surface area contributed by atoms with E-state index in [1.165, 1.54) is 0 Å². The summed E-state index contributed by atoms with van der Waals surface area (Å²) in [7, 11) is 0. The van der Waals surface area contributed by atoms with Gasteiger partial charge in [0.2, 0.25) is 0 Å². The van der Waals surface area contributed by atoms with Gasteiger partial charge in [-0.15, -0.1) is 0 Å². The normalized spacial score (nSPS) is 14.3. The number of nitrogens with zero attached hydrogens (tertiary/aromatic N) is 2. The van der Waals surface area contributed by atoms with E-state index in [0.29, 0.717) is 10.6 Å². The fourth-order valence-corrected chi connectivity index (χ4v) is 2.05. The topological polar surface area (TPSA) is 68.9 Å². The van der Waals surface area contributed by atoms with E-state index in [9.17, 15) is 5.11 Å². The summed E-state index contributed by atoms with van der Waals surface area (Å²) in [5.41, 5.74) is -0.101. The molecule has 0 fully saturated rings. The quantitative estimate of drug-likeness (QED) is 0.854. The van der Waals surface area contributed by atoms with Gasteiger partial charge >= 0.3 is 0 Å². The number of aliphatic hydroxyl groups is 1. The molecule has 1 aromatic rings. The lowest BCUT2D eigenvalue weighted by Gasteiger charge is -2.27. The van der Waals surface area contributed by atoms with Crippen molar-refractivity contribution in [2.24, 2.45) is 0 Å². The molecule has 0 aromatic carbocycles. The molecule has 6 heteroatoms. The fraction of sp³-hybridized carbons (Fsp3) is 0.556. The molecule has 0 spiro atoms. The number of halogens is 1. The Hall–Kier alpha value is -0.830. The van der Waals surface area contributed by atoms with Gasteiger partial charge in [-0.1, -0.05) is 18.5 Å². The van der Waals surface area contributed by atoms with Crippen LogP contribution in [0.4, 0.5) is 5.00 Å². The van der Waals surface area contributed by atoms with Crippen molar-refractivity contribution in [2.75, 3.05) is 11.9 Å². The Balaban J connectivity index is 2.95. The molecular weight excluding hydrogens is 234 g/mol. The maximum Gasteiger partial charge on any atom is 0.162 e. The van der Waals surface area contributed by atoms with E-state index >= 15 is 0 Å². The minimum atomic E-state index is -0.443. The first kappa shape index (κ1) is 12.2. The van der Waals surface area contributed by atoms with Crippen LogP contribution in [0.25, 0.3) is 0 Å². The van der Waals surface area contributed by atoms with Gasteiger partial charge < -0.3 is 10.4 Å². The summed E-state index contributed by atoms with van der Waals surface area (Å²) < 4.78 is 3.88. The van der Waals surface area contributed by atoms with Gasteiger partial charge in [0.1, 0.15) is 16.6 Å². The first-order chi connectivity index (χ1) is 7.06. The average molecular weight is 246 g/mol. The molecule has 0 aliphatic carbocycles. The summed E-state index contributed by atoms with van der Waals surface area (Å²) >= 11 is 6.87.